The molecular formula is C17H9Cl3N2O2S. The second kappa shape index (κ2) is 7.14. The quantitative estimate of drug-likeness (QED) is 0.450. The average Bonchev–Trinajstić information content (AvgIpc) is 2.57. The minimum absolute atomic E-state index is 0.0626. The molecule has 0 bridgehead atoms. The van der Waals surface area contributed by atoms with Crippen LogP contribution in [0.5, 0.6) is 0 Å². The highest BCUT2D eigenvalue weighted by molar-refractivity contribution is 7.80. The van der Waals surface area contributed by atoms with Crippen molar-refractivity contribution in [2.24, 2.45) is 0 Å². The summed E-state index contributed by atoms with van der Waals surface area (Å²) in [4.78, 5) is 26.2. The molecule has 0 radical (unpaired) electrons. The SMILES string of the molecule is O=C1NC(=S)N(c2cccc(Cl)c2Cl)C(=O)C1=Cc1ccc(Cl)cc1. The zero-order valence-electron chi connectivity index (χ0n) is 12.4. The number of anilines is 1. The summed E-state index contributed by atoms with van der Waals surface area (Å²) in [6.07, 6.45) is 1.46. The highest BCUT2D eigenvalue weighted by Crippen LogP contribution is 2.34. The normalized spacial score (nSPS) is 16.4. The van der Waals surface area contributed by atoms with Gasteiger partial charge in [0, 0.05) is 5.02 Å². The summed E-state index contributed by atoms with van der Waals surface area (Å²) >= 11 is 23.2. The monoisotopic (exact) mass is 410 g/mol. The number of rotatable bonds is 2. The fourth-order valence-corrected chi connectivity index (χ4v) is 3.05. The Morgan fingerprint density at radius 2 is 1.68 bits per heavy atom. The van der Waals surface area contributed by atoms with Gasteiger partial charge in [0.25, 0.3) is 11.8 Å². The number of carbonyl (C=O) groups is 2. The van der Waals surface area contributed by atoms with E-state index in [4.69, 9.17) is 47.0 Å². The molecule has 0 aliphatic carbocycles. The Hall–Kier alpha value is -1.92. The maximum absolute atomic E-state index is 12.9. The molecule has 0 saturated carbocycles. The number of benzene rings is 2. The third-order valence-corrected chi connectivity index (χ3v) is 4.80. The number of amides is 2. The fourth-order valence-electron chi connectivity index (χ4n) is 2.27. The Morgan fingerprint density at radius 3 is 2.36 bits per heavy atom. The van der Waals surface area contributed by atoms with Crippen LogP contribution in [0.4, 0.5) is 5.69 Å². The van der Waals surface area contributed by atoms with E-state index in [1.807, 2.05) is 0 Å². The van der Waals surface area contributed by atoms with Crippen molar-refractivity contribution in [3.8, 4) is 0 Å². The molecule has 1 aliphatic heterocycles. The van der Waals surface area contributed by atoms with Gasteiger partial charge in [-0.1, -0.05) is 53.0 Å². The summed E-state index contributed by atoms with van der Waals surface area (Å²) < 4.78 is 0. The molecule has 2 aromatic rings. The average molecular weight is 412 g/mol. The summed E-state index contributed by atoms with van der Waals surface area (Å²) in [6.45, 7) is 0. The van der Waals surface area contributed by atoms with Gasteiger partial charge in [0.2, 0.25) is 0 Å². The first-order chi connectivity index (χ1) is 11.9. The van der Waals surface area contributed by atoms with Crippen molar-refractivity contribution in [3.63, 3.8) is 0 Å². The molecule has 1 heterocycles. The van der Waals surface area contributed by atoms with Crippen molar-refractivity contribution in [1.29, 1.82) is 0 Å². The lowest BCUT2D eigenvalue weighted by atomic mass is 10.1. The summed E-state index contributed by atoms with van der Waals surface area (Å²) in [5, 5.41) is 3.42. The predicted molar refractivity (Wildman–Crippen MR) is 104 cm³/mol. The first kappa shape index (κ1) is 17.9. The molecule has 2 amide bonds. The molecule has 2 aromatic carbocycles. The lowest BCUT2D eigenvalue weighted by Gasteiger charge is -2.29. The van der Waals surface area contributed by atoms with Gasteiger partial charge in [0.05, 0.1) is 15.7 Å². The fraction of sp³-hybridized carbons (Fsp3) is 0. The molecule has 8 heteroatoms. The molecule has 0 aromatic heterocycles. The minimum atomic E-state index is -0.590. The topological polar surface area (TPSA) is 49.4 Å². The maximum atomic E-state index is 12.9. The Bertz CT molecular complexity index is 926. The van der Waals surface area contributed by atoms with E-state index in [1.165, 1.54) is 6.08 Å². The van der Waals surface area contributed by atoms with Gasteiger partial charge >= 0.3 is 0 Å². The first-order valence-corrected chi connectivity index (χ1v) is 8.54. The van der Waals surface area contributed by atoms with Crippen LogP contribution in [0.1, 0.15) is 5.56 Å². The number of hydrogen-bond acceptors (Lipinski definition) is 3. The van der Waals surface area contributed by atoms with Gasteiger partial charge < -0.3 is 0 Å². The molecule has 126 valence electrons. The van der Waals surface area contributed by atoms with Crippen LogP contribution in [-0.2, 0) is 9.59 Å². The van der Waals surface area contributed by atoms with Crippen LogP contribution in [0.15, 0.2) is 48.0 Å². The van der Waals surface area contributed by atoms with E-state index < -0.39 is 11.8 Å². The van der Waals surface area contributed by atoms with Crippen molar-refractivity contribution in [2.75, 3.05) is 4.90 Å². The Morgan fingerprint density at radius 1 is 1.00 bits per heavy atom. The lowest BCUT2D eigenvalue weighted by molar-refractivity contribution is -0.122. The Balaban J connectivity index is 2.05. The molecule has 1 aliphatic rings. The van der Waals surface area contributed by atoms with Crippen LogP contribution >= 0.6 is 47.0 Å². The number of nitrogens with one attached hydrogen (secondary N) is 1. The largest absolute Gasteiger partial charge is 0.298 e. The third-order valence-electron chi connectivity index (χ3n) is 3.45. The molecule has 0 unspecified atom stereocenters. The zero-order chi connectivity index (χ0) is 18.1. The molecule has 1 N–H and O–H groups in total. The van der Waals surface area contributed by atoms with E-state index in [2.05, 4.69) is 5.32 Å². The van der Waals surface area contributed by atoms with Gasteiger partial charge in [-0.05, 0) is 48.1 Å². The van der Waals surface area contributed by atoms with Crippen LogP contribution < -0.4 is 10.2 Å². The van der Waals surface area contributed by atoms with Crippen molar-refractivity contribution in [3.05, 3.63) is 68.7 Å². The predicted octanol–water partition coefficient (Wildman–Crippen LogP) is 4.48. The van der Waals surface area contributed by atoms with Crippen LogP contribution in [0.2, 0.25) is 15.1 Å². The van der Waals surface area contributed by atoms with E-state index in [9.17, 15) is 9.59 Å². The zero-order valence-corrected chi connectivity index (χ0v) is 15.5. The third kappa shape index (κ3) is 3.55. The molecule has 4 nitrogen and oxygen atoms in total. The van der Waals surface area contributed by atoms with Crippen molar-refractivity contribution < 1.29 is 9.59 Å². The number of hydrogen-bond donors (Lipinski definition) is 1. The lowest BCUT2D eigenvalue weighted by Crippen LogP contribution is -2.54. The highest BCUT2D eigenvalue weighted by Gasteiger charge is 2.35. The molecule has 0 spiro atoms. The van der Waals surface area contributed by atoms with E-state index in [0.717, 1.165) is 4.90 Å². The number of halogens is 3. The molecule has 25 heavy (non-hydrogen) atoms. The maximum Gasteiger partial charge on any atom is 0.270 e. The standard InChI is InChI=1S/C17H9Cl3N2O2S/c18-10-6-4-9(5-7-10)8-11-15(23)21-17(25)22(16(11)24)13-3-1-2-12(19)14(13)20/h1-8H,(H,21,23,25). The first-order valence-electron chi connectivity index (χ1n) is 6.99. The smallest absolute Gasteiger partial charge is 0.270 e. The van der Waals surface area contributed by atoms with Gasteiger partial charge in [0.1, 0.15) is 5.57 Å². The number of carbonyl (C=O) groups excluding carboxylic acids is 2. The number of nitrogens with zero attached hydrogens (tertiary/aromatic N) is 1. The number of thiocarbonyl (C=S) groups is 1. The van der Waals surface area contributed by atoms with Gasteiger partial charge in [-0.15, -0.1) is 0 Å². The summed E-state index contributed by atoms with van der Waals surface area (Å²) in [5.41, 5.74) is 0.867. The molecule has 0 atom stereocenters. The van der Waals surface area contributed by atoms with E-state index in [0.29, 0.717) is 16.3 Å². The van der Waals surface area contributed by atoms with Crippen molar-refractivity contribution >= 4 is 75.7 Å². The summed E-state index contributed by atoms with van der Waals surface area (Å²) in [6, 6.07) is 11.5. The molecule has 1 saturated heterocycles. The van der Waals surface area contributed by atoms with Gasteiger partial charge in [0.15, 0.2) is 5.11 Å². The van der Waals surface area contributed by atoms with Crippen molar-refractivity contribution in [1.82, 2.24) is 5.32 Å². The van der Waals surface area contributed by atoms with Gasteiger partial charge in [-0.2, -0.15) is 0 Å². The van der Waals surface area contributed by atoms with Crippen LogP contribution in [0, 0.1) is 0 Å². The van der Waals surface area contributed by atoms with Gasteiger partial charge in [-0.25, -0.2) is 0 Å². The van der Waals surface area contributed by atoms with Crippen LogP contribution in [-0.4, -0.2) is 16.9 Å². The van der Waals surface area contributed by atoms with Crippen LogP contribution in [0.3, 0.4) is 0 Å². The van der Waals surface area contributed by atoms with E-state index >= 15 is 0 Å². The summed E-state index contributed by atoms with van der Waals surface area (Å²) in [7, 11) is 0. The van der Waals surface area contributed by atoms with Crippen LogP contribution in [0.25, 0.3) is 6.08 Å². The Kier molecular flexibility index (Phi) is 5.11. The second-order valence-corrected chi connectivity index (χ2v) is 6.69. The minimum Gasteiger partial charge on any atom is -0.298 e. The molecule has 3 rings (SSSR count). The van der Waals surface area contributed by atoms with Gasteiger partial charge in [-0.3, -0.25) is 19.8 Å². The van der Waals surface area contributed by atoms with Crippen molar-refractivity contribution in [2.45, 2.75) is 0 Å². The Labute approximate surface area is 164 Å². The van der Waals surface area contributed by atoms with E-state index in [-0.39, 0.29) is 20.7 Å². The molecular weight excluding hydrogens is 403 g/mol. The summed E-state index contributed by atoms with van der Waals surface area (Å²) in [5.74, 6) is -1.17. The second-order valence-electron chi connectivity index (χ2n) is 5.08. The highest BCUT2D eigenvalue weighted by atomic mass is 35.5. The van der Waals surface area contributed by atoms with E-state index in [1.54, 1.807) is 42.5 Å². The molecule has 1 fully saturated rings.